The molecule has 0 saturated carbocycles. The number of halogens is 3. The van der Waals surface area contributed by atoms with E-state index >= 15 is 0 Å². The summed E-state index contributed by atoms with van der Waals surface area (Å²) in [6.07, 6.45) is 6.62. The predicted octanol–water partition coefficient (Wildman–Crippen LogP) is 3.53. The van der Waals surface area contributed by atoms with Crippen LogP contribution in [-0.2, 0) is 0 Å². The zero-order chi connectivity index (χ0) is 14.8. The molecule has 0 radical (unpaired) electrons. The summed E-state index contributed by atoms with van der Waals surface area (Å²) in [5.41, 5.74) is 1.50. The van der Waals surface area contributed by atoms with Gasteiger partial charge in [-0.2, -0.15) is 10.2 Å². The third kappa shape index (κ3) is 2.85. The van der Waals surface area contributed by atoms with Crippen molar-refractivity contribution in [2.45, 2.75) is 0 Å². The van der Waals surface area contributed by atoms with Crippen LogP contribution >= 0.6 is 39.1 Å². The van der Waals surface area contributed by atoms with Crippen LogP contribution in [0.3, 0.4) is 0 Å². The minimum atomic E-state index is 0.556. The van der Waals surface area contributed by atoms with Crippen molar-refractivity contribution in [1.82, 2.24) is 29.2 Å². The third-order valence-electron chi connectivity index (χ3n) is 2.56. The van der Waals surface area contributed by atoms with E-state index in [2.05, 4.69) is 36.1 Å². The van der Waals surface area contributed by atoms with Gasteiger partial charge in [-0.3, -0.25) is 0 Å². The minimum Gasteiger partial charge on any atom is -0.237 e. The van der Waals surface area contributed by atoms with Gasteiger partial charge in [-0.05, 0) is 28.1 Å². The average Bonchev–Trinajstić information content (AvgIpc) is 3.09. The molecule has 0 atom stereocenters. The molecule has 0 fully saturated rings. The van der Waals surface area contributed by atoms with Gasteiger partial charge < -0.3 is 0 Å². The highest BCUT2D eigenvalue weighted by Gasteiger charge is 2.03. The van der Waals surface area contributed by atoms with E-state index in [0.717, 1.165) is 15.8 Å². The van der Waals surface area contributed by atoms with Crippen LogP contribution in [0, 0.1) is 0 Å². The molecule has 0 saturated heterocycles. The lowest BCUT2D eigenvalue weighted by Gasteiger charge is -1.93. The maximum atomic E-state index is 5.81. The Morgan fingerprint density at radius 3 is 2.29 bits per heavy atom. The molecule has 0 aliphatic carbocycles. The highest BCUT2D eigenvalue weighted by molar-refractivity contribution is 9.10. The van der Waals surface area contributed by atoms with Gasteiger partial charge in [-0.25, -0.2) is 19.0 Å². The Labute approximate surface area is 137 Å². The summed E-state index contributed by atoms with van der Waals surface area (Å²) in [5, 5.41) is 9.07. The molecule has 9 heteroatoms. The van der Waals surface area contributed by atoms with Gasteiger partial charge in [0.2, 0.25) is 0 Å². The van der Waals surface area contributed by atoms with Crippen LogP contribution in [0.1, 0.15) is 0 Å². The molecular formula is C12H7BrCl2N6. The van der Waals surface area contributed by atoms with Crippen molar-refractivity contribution in [3.63, 3.8) is 0 Å². The van der Waals surface area contributed by atoms with E-state index in [-0.39, 0.29) is 0 Å². The van der Waals surface area contributed by atoms with Crippen molar-refractivity contribution in [2.24, 2.45) is 0 Å². The fourth-order valence-corrected chi connectivity index (χ4v) is 2.37. The van der Waals surface area contributed by atoms with Gasteiger partial charge in [0.15, 0.2) is 11.3 Å². The van der Waals surface area contributed by atoms with Gasteiger partial charge in [-0.1, -0.05) is 23.2 Å². The second-order valence-electron chi connectivity index (χ2n) is 3.86. The van der Waals surface area contributed by atoms with Crippen molar-refractivity contribution in [2.75, 3.05) is 0 Å². The molecule has 4 aromatic heterocycles. The number of hydrogen-bond acceptors (Lipinski definition) is 4. The summed E-state index contributed by atoms with van der Waals surface area (Å²) < 4.78 is 3.98. The second kappa shape index (κ2) is 5.97. The Balaban J connectivity index is 0.000000126. The summed E-state index contributed by atoms with van der Waals surface area (Å²) in [6, 6.07) is 5.18. The zero-order valence-corrected chi connectivity index (χ0v) is 13.5. The van der Waals surface area contributed by atoms with E-state index in [4.69, 9.17) is 23.2 Å². The monoisotopic (exact) mass is 384 g/mol. The Hall–Kier alpha value is -1.70. The molecule has 0 unspecified atom stereocenters. The number of nitrogens with zero attached hydrogens (tertiary/aromatic N) is 6. The smallest absolute Gasteiger partial charge is 0.171 e. The lowest BCUT2D eigenvalue weighted by Crippen LogP contribution is -1.89. The first-order valence-electron chi connectivity index (χ1n) is 5.75. The summed E-state index contributed by atoms with van der Waals surface area (Å²) in [6.45, 7) is 0. The summed E-state index contributed by atoms with van der Waals surface area (Å²) in [7, 11) is 0. The highest BCUT2D eigenvalue weighted by atomic mass is 79.9. The van der Waals surface area contributed by atoms with Crippen LogP contribution in [0.5, 0.6) is 0 Å². The van der Waals surface area contributed by atoms with E-state index in [1.165, 1.54) is 0 Å². The fraction of sp³-hybridized carbons (Fsp3) is 0. The molecule has 0 bridgehead atoms. The van der Waals surface area contributed by atoms with Crippen LogP contribution < -0.4 is 0 Å². The zero-order valence-electron chi connectivity index (χ0n) is 10.4. The van der Waals surface area contributed by atoms with Gasteiger partial charge in [0.1, 0.15) is 10.3 Å². The molecule has 4 heterocycles. The van der Waals surface area contributed by atoms with Crippen molar-refractivity contribution in [3.8, 4) is 0 Å². The van der Waals surface area contributed by atoms with Gasteiger partial charge >= 0.3 is 0 Å². The van der Waals surface area contributed by atoms with Gasteiger partial charge in [-0.15, -0.1) is 0 Å². The van der Waals surface area contributed by atoms with Crippen molar-refractivity contribution in [1.29, 1.82) is 0 Å². The summed E-state index contributed by atoms with van der Waals surface area (Å²) >= 11 is 14.9. The van der Waals surface area contributed by atoms with Crippen LogP contribution in [-0.4, -0.2) is 29.2 Å². The molecule has 0 spiro atoms. The van der Waals surface area contributed by atoms with Gasteiger partial charge in [0, 0.05) is 18.5 Å². The lowest BCUT2D eigenvalue weighted by atomic mass is 10.6. The van der Waals surface area contributed by atoms with E-state index in [1.807, 2.05) is 0 Å². The van der Waals surface area contributed by atoms with Crippen LogP contribution in [0.2, 0.25) is 10.3 Å². The molecule has 21 heavy (non-hydrogen) atoms. The molecule has 0 aromatic carbocycles. The molecular weight excluding hydrogens is 379 g/mol. The van der Waals surface area contributed by atoms with E-state index in [0.29, 0.717) is 10.3 Å². The Morgan fingerprint density at radius 2 is 1.57 bits per heavy atom. The van der Waals surface area contributed by atoms with Gasteiger partial charge in [0.05, 0.1) is 16.9 Å². The van der Waals surface area contributed by atoms with Crippen molar-refractivity contribution >= 4 is 50.4 Å². The minimum absolute atomic E-state index is 0.556. The topological polar surface area (TPSA) is 60.4 Å². The molecule has 6 nitrogen and oxygen atoms in total. The fourth-order valence-electron chi connectivity index (χ4n) is 1.64. The summed E-state index contributed by atoms with van der Waals surface area (Å²) in [4.78, 5) is 8.09. The third-order valence-corrected chi connectivity index (χ3v) is 3.69. The predicted molar refractivity (Wildman–Crippen MR) is 83.7 cm³/mol. The molecule has 0 N–H and O–H groups in total. The van der Waals surface area contributed by atoms with Crippen LogP contribution in [0.25, 0.3) is 11.3 Å². The Bertz CT molecular complexity index is 903. The highest BCUT2D eigenvalue weighted by Crippen LogP contribution is 2.17. The second-order valence-corrected chi connectivity index (χ2v) is 5.49. The maximum absolute atomic E-state index is 5.81. The number of rotatable bonds is 0. The number of hydrogen-bond donors (Lipinski definition) is 0. The maximum Gasteiger partial charge on any atom is 0.171 e. The first kappa shape index (κ1) is 14.2. The first-order chi connectivity index (χ1) is 10.2. The van der Waals surface area contributed by atoms with Crippen LogP contribution in [0.4, 0.5) is 0 Å². The SMILES string of the molecule is Clc1ccnc2c(Br)cnn12.Clc1ccnc2ccnn12. The van der Waals surface area contributed by atoms with Crippen molar-refractivity contribution < 1.29 is 0 Å². The number of aromatic nitrogens is 6. The molecule has 4 rings (SSSR count). The average molecular weight is 386 g/mol. The van der Waals surface area contributed by atoms with E-state index < -0.39 is 0 Å². The van der Waals surface area contributed by atoms with E-state index in [1.54, 1.807) is 52.0 Å². The normalized spacial score (nSPS) is 10.6. The molecule has 4 aromatic rings. The number of fused-ring (bicyclic) bond motifs is 2. The largest absolute Gasteiger partial charge is 0.237 e. The van der Waals surface area contributed by atoms with Crippen LogP contribution in [0.15, 0.2) is 47.5 Å². The van der Waals surface area contributed by atoms with Gasteiger partial charge in [0.25, 0.3) is 0 Å². The molecule has 106 valence electrons. The van der Waals surface area contributed by atoms with Crippen molar-refractivity contribution in [3.05, 3.63) is 57.8 Å². The Kier molecular flexibility index (Phi) is 4.05. The molecule has 0 amide bonds. The molecule has 0 aliphatic rings. The standard InChI is InChI=1S/C6H3BrClN3.C6H4ClN3/c7-4-3-10-11-5(8)1-2-9-6(4)11;7-5-1-3-8-6-2-4-9-10(5)6/h1-3H;1-4H. The van der Waals surface area contributed by atoms with E-state index in [9.17, 15) is 0 Å². The summed E-state index contributed by atoms with van der Waals surface area (Å²) in [5.74, 6) is 0. The lowest BCUT2D eigenvalue weighted by molar-refractivity contribution is 0.940. The quantitative estimate of drug-likeness (QED) is 0.434. The Morgan fingerprint density at radius 1 is 0.857 bits per heavy atom. The first-order valence-corrected chi connectivity index (χ1v) is 7.30. The molecule has 0 aliphatic heterocycles.